The number of aromatic nitrogens is 3. The average Bonchev–Trinajstić information content (AvgIpc) is 3.26. The first-order valence-corrected chi connectivity index (χ1v) is 10.5. The first-order valence-electron chi connectivity index (χ1n) is 10.5. The Morgan fingerprint density at radius 3 is 2.93 bits per heavy atom. The highest BCUT2D eigenvalue weighted by Gasteiger charge is 2.33. The summed E-state index contributed by atoms with van der Waals surface area (Å²) in [5, 5.41) is 4.10. The standard InChI is InChI=1S/C21H28N4O4/c26-21(17-5-1-3-10-22-17)25-11-4-2-6-18(25)20-23-19(24-29-20)9-14-28-15-16-7-12-27-13-8-16/h1,3,5,10,16,18H,2,4,6-9,11-15H2. The number of hydrogen-bond acceptors (Lipinski definition) is 7. The number of piperidine rings is 1. The van der Waals surface area contributed by atoms with Crippen LogP contribution in [0.3, 0.4) is 0 Å². The van der Waals surface area contributed by atoms with Crippen LogP contribution in [0.25, 0.3) is 0 Å². The molecule has 0 bridgehead atoms. The predicted molar refractivity (Wildman–Crippen MR) is 104 cm³/mol. The van der Waals surface area contributed by atoms with Crippen LogP contribution in [0.4, 0.5) is 0 Å². The predicted octanol–water partition coefficient (Wildman–Crippen LogP) is 2.82. The molecule has 8 nitrogen and oxygen atoms in total. The molecule has 8 heteroatoms. The van der Waals surface area contributed by atoms with Crippen molar-refractivity contribution in [2.75, 3.05) is 33.0 Å². The number of ether oxygens (including phenoxy) is 2. The highest BCUT2D eigenvalue weighted by atomic mass is 16.5. The second-order valence-electron chi connectivity index (χ2n) is 7.65. The van der Waals surface area contributed by atoms with Crippen LogP contribution in [0.15, 0.2) is 28.9 Å². The third kappa shape index (κ3) is 5.19. The molecule has 0 saturated carbocycles. The van der Waals surface area contributed by atoms with Gasteiger partial charge in [0, 0.05) is 39.0 Å². The third-order valence-corrected chi connectivity index (χ3v) is 5.58. The number of carbonyl (C=O) groups is 1. The molecule has 0 N–H and O–H groups in total. The second-order valence-corrected chi connectivity index (χ2v) is 7.65. The summed E-state index contributed by atoms with van der Waals surface area (Å²) >= 11 is 0. The van der Waals surface area contributed by atoms with Gasteiger partial charge in [-0.15, -0.1) is 0 Å². The lowest BCUT2D eigenvalue weighted by molar-refractivity contribution is 0.0211. The maximum atomic E-state index is 12.9. The van der Waals surface area contributed by atoms with Crippen LogP contribution in [-0.2, 0) is 15.9 Å². The summed E-state index contributed by atoms with van der Waals surface area (Å²) in [4.78, 5) is 23.5. The number of carbonyl (C=O) groups excluding carboxylic acids is 1. The number of likely N-dealkylation sites (tertiary alicyclic amines) is 1. The lowest BCUT2D eigenvalue weighted by atomic mass is 10.0. The van der Waals surface area contributed by atoms with Crippen LogP contribution >= 0.6 is 0 Å². The summed E-state index contributed by atoms with van der Waals surface area (Å²) in [6, 6.07) is 5.18. The minimum absolute atomic E-state index is 0.0881. The van der Waals surface area contributed by atoms with Crippen molar-refractivity contribution in [2.45, 2.75) is 44.6 Å². The van der Waals surface area contributed by atoms with E-state index in [4.69, 9.17) is 14.0 Å². The van der Waals surface area contributed by atoms with E-state index in [0.717, 1.165) is 51.9 Å². The smallest absolute Gasteiger partial charge is 0.273 e. The molecule has 4 heterocycles. The summed E-state index contributed by atoms with van der Waals surface area (Å²) in [6.07, 6.45) is 7.19. The van der Waals surface area contributed by atoms with E-state index >= 15 is 0 Å². The zero-order chi connectivity index (χ0) is 19.9. The molecule has 156 valence electrons. The molecular weight excluding hydrogens is 372 g/mol. The summed E-state index contributed by atoms with van der Waals surface area (Å²) < 4.78 is 16.7. The number of rotatable bonds is 7. The second kappa shape index (κ2) is 9.93. The molecule has 1 unspecified atom stereocenters. The van der Waals surface area contributed by atoms with E-state index in [-0.39, 0.29) is 11.9 Å². The van der Waals surface area contributed by atoms with Crippen molar-refractivity contribution >= 4 is 5.91 Å². The monoisotopic (exact) mass is 400 g/mol. The van der Waals surface area contributed by atoms with Crippen molar-refractivity contribution in [3.05, 3.63) is 41.8 Å². The Hall–Kier alpha value is -2.32. The Morgan fingerprint density at radius 2 is 2.10 bits per heavy atom. The van der Waals surface area contributed by atoms with Crippen LogP contribution in [0, 0.1) is 5.92 Å². The third-order valence-electron chi connectivity index (χ3n) is 5.58. The molecule has 2 aliphatic rings. The number of amides is 1. The SMILES string of the molecule is O=C(c1ccccn1)N1CCCCC1c1nc(CCOCC2CCOCC2)no1. The fourth-order valence-electron chi connectivity index (χ4n) is 3.90. The number of hydrogen-bond donors (Lipinski definition) is 0. The van der Waals surface area contributed by atoms with Crippen LogP contribution in [0.2, 0.25) is 0 Å². The maximum Gasteiger partial charge on any atom is 0.273 e. The number of pyridine rings is 1. The van der Waals surface area contributed by atoms with Crippen molar-refractivity contribution in [3.63, 3.8) is 0 Å². The minimum atomic E-state index is -0.192. The van der Waals surface area contributed by atoms with Gasteiger partial charge >= 0.3 is 0 Å². The van der Waals surface area contributed by atoms with Crippen molar-refractivity contribution in [3.8, 4) is 0 Å². The van der Waals surface area contributed by atoms with Gasteiger partial charge in [-0.1, -0.05) is 11.2 Å². The van der Waals surface area contributed by atoms with E-state index in [1.807, 2.05) is 11.0 Å². The van der Waals surface area contributed by atoms with Gasteiger partial charge in [0.2, 0.25) is 5.89 Å². The first-order chi connectivity index (χ1) is 14.3. The first kappa shape index (κ1) is 20.0. The molecule has 2 aromatic heterocycles. The Bertz CT molecular complexity index is 776. The van der Waals surface area contributed by atoms with Crippen molar-refractivity contribution in [2.24, 2.45) is 5.92 Å². The molecule has 4 rings (SSSR count). The van der Waals surface area contributed by atoms with Crippen molar-refractivity contribution in [1.82, 2.24) is 20.0 Å². The molecule has 1 atom stereocenters. The summed E-state index contributed by atoms with van der Waals surface area (Å²) in [5.74, 6) is 1.63. The van der Waals surface area contributed by atoms with Crippen molar-refractivity contribution in [1.29, 1.82) is 0 Å². The Labute approximate surface area is 170 Å². The lowest BCUT2D eigenvalue weighted by Gasteiger charge is -2.33. The Morgan fingerprint density at radius 1 is 1.21 bits per heavy atom. The zero-order valence-electron chi connectivity index (χ0n) is 16.7. The van der Waals surface area contributed by atoms with E-state index in [0.29, 0.717) is 42.9 Å². The van der Waals surface area contributed by atoms with Crippen LogP contribution < -0.4 is 0 Å². The van der Waals surface area contributed by atoms with E-state index in [1.54, 1.807) is 18.3 Å². The van der Waals surface area contributed by atoms with E-state index in [2.05, 4.69) is 15.1 Å². The molecule has 0 aromatic carbocycles. The molecule has 29 heavy (non-hydrogen) atoms. The molecule has 0 aliphatic carbocycles. The fourth-order valence-corrected chi connectivity index (χ4v) is 3.90. The summed E-state index contributed by atoms with van der Waals surface area (Å²) in [5.41, 5.74) is 0.445. The van der Waals surface area contributed by atoms with E-state index in [1.165, 1.54) is 0 Å². The topological polar surface area (TPSA) is 90.6 Å². The quantitative estimate of drug-likeness (QED) is 0.660. The van der Waals surface area contributed by atoms with Gasteiger partial charge in [-0.2, -0.15) is 4.98 Å². The lowest BCUT2D eigenvalue weighted by Crippen LogP contribution is -2.39. The molecular formula is C21H28N4O4. The Kier molecular flexibility index (Phi) is 6.84. The molecule has 2 fully saturated rings. The van der Waals surface area contributed by atoms with Gasteiger partial charge in [0.25, 0.3) is 5.91 Å². The fraction of sp³-hybridized carbons (Fsp3) is 0.619. The van der Waals surface area contributed by atoms with Crippen LogP contribution in [-0.4, -0.2) is 58.9 Å². The van der Waals surface area contributed by atoms with Gasteiger partial charge in [-0.3, -0.25) is 9.78 Å². The van der Waals surface area contributed by atoms with Gasteiger partial charge in [0.15, 0.2) is 5.82 Å². The van der Waals surface area contributed by atoms with Crippen molar-refractivity contribution < 1.29 is 18.8 Å². The van der Waals surface area contributed by atoms with Gasteiger partial charge < -0.3 is 18.9 Å². The molecule has 0 spiro atoms. The van der Waals surface area contributed by atoms with E-state index in [9.17, 15) is 4.79 Å². The molecule has 2 aliphatic heterocycles. The van der Waals surface area contributed by atoms with Gasteiger partial charge in [0.1, 0.15) is 11.7 Å². The summed E-state index contributed by atoms with van der Waals surface area (Å²) in [7, 11) is 0. The highest BCUT2D eigenvalue weighted by Crippen LogP contribution is 2.31. The minimum Gasteiger partial charge on any atom is -0.381 e. The number of nitrogens with zero attached hydrogens (tertiary/aromatic N) is 4. The van der Waals surface area contributed by atoms with Gasteiger partial charge in [-0.25, -0.2) is 0 Å². The maximum absolute atomic E-state index is 12.9. The van der Waals surface area contributed by atoms with Gasteiger partial charge in [-0.05, 0) is 50.2 Å². The Balaban J connectivity index is 1.32. The normalized spacial score (nSPS) is 20.7. The summed E-state index contributed by atoms with van der Waals surface area (Å²) in [6.45, 7) is 3.65. The molecule has 2 aromatic rings. The van der Waals surface area contributed by atoms with Crippen LogP contribution in [0.1, 0.15) is 60.3 Å². The highest BCUT2D eigenvalue weighted by molar-refractivity contribution is 5.92. The van der Waals surface area contributed by atoms with Crippen LogP contribution in [0.5, 0.6) is 0 Å². The van der Waals surface area contributed by atoms with Gasteiger partial charge in [0.05, 0.1) is 6.61 Å². The largest absolute Gasteiger partial charge is 0.381 e. The average molecular weight is 400 g/mol. The zero-order valence-corrected chi connectivity index (χ0v) is 16.7. The molecule has 0 radical (unpaired) electrons. The van der Waals surface area contributed by atoms with E-state index < -0.39 is 0 Å². The molecule has 1 amide bonds. The molecule has 2 saturated heterocycles.